The molecule has 1 fully saturated rings. The minimum atomic E-state index is -0.862. The molecule has 0 radical (unpaired) electrons. The Morgan fingerprint density at radius 3 is 2.43 bits per heavy atom. The summed E-state index contributed by atoms with van der Waals surface area (Å²) >= 11 is 13.0. The first-order valence-corrected chi connectivity index (χ1v) is 14.9. The normalized spacial score (nSPS) is 15.8. The van der Waals surface area contributed by atoms with Crippen LogP contribution >= 0.6 is 23.2 Å². The van der Waals surface area contributed by atoms with Crippen LogP contribution in [0.25, 0.3) is 28.0 Å². The monoisotopic (exact) mass is 644 g/mol. The van der Waals surface area contributed by atoms with Crippen LogP contribution in [0.2, 0.25) is 10.0 Å². The third-order valence-electron chi connectivity index (χ3n) is 7.23. The van der Waals surface area contributed by atoms with E-state index in [4.69, 9.17) is 27.9 Å². The lowest BCUT2D eigenvalue weighted by Crippen LogP contribution is -2.55. The molecule has 0 spiro atoms. The van der Waals surface area contributed by atoms with Crippen molar-refractivity contribution >= 4 is 46.1 Å². The first kappa shape index (κ1) is 31.6. The average molecular weight is 646 g/mol. The largest absolute Gasteiger partial charge is 0.444 e. The van der Waals surface area contributed by atoms with Gasteiger partial charge in [-0.05, 0) is 57.9 Å². The number of anilines is 1. The Morgan fingerprint density at radius 2 is 1.80 bits per heavy atom. The van der Waals surface area contributed by atoms with Crippen molar-refractivity contribution in [2.75, 3.05) is 24.5 Å². The maximum atomic E-state index is 15.9. The number of hydrogen-bond donors (Lipinski definition) is 0. The molecule has 1 aromatic carbocycles. The molecule has 232 valence electrons. The van der Waals surface area contributed by atoms with E-state index in [9.17, 15) is 9.59 Å². The number of aromatic nitrogens is 4. The van der Waals surface area contributed by atoms with Gasteiger partial charge in [-0.3, -0.25) is 4.98 Å². The van der Waals surface area contributed by atoms with Crippen molar-refractivity contribution in [1.29, 1.82) is 0 Å². The van der Waals surface area contributed by atoms with Crippen molar-refractivity contribution in [1.82, 2.24) is 24.4 Å². The molecule has 4 aromatic rings. The highest BCUT2D eigenvalue weighted by Gasteiger charge is 2.33. The van der Waals surface area contributed by atoms with Gasteiger partial charge in [-0.1, -0.05) is 43.1 Å². The Kier molecular flexibility index (Phi) is 8.56. The van der Waals surface area contributed by atoms with Gasteiger partial charge >= 0.3 is 11.8 Å². The van der Waals surface area contributed by atoms with Gasteiger partial charge in [0.25, 0.3) is 0 Å². The lowest BCUT2D eigenvalue weighted by molar-refractivity contribution is 0.0218. The van der Waals surface area contributed by atoms with Gasteiger partial charge in [-0.15, -0.1) is 0 Å². The van der Waals surface area contributed by atoms with Crippen LogP contribution in [0, 0.1) is 11.6 Å². The molecule has 0 bridgehead atoms. The minimum Gasteiger partial charge on any atom is -0.444 e. The molecule has 1 aliphatic rings. The van der Waals surface area contributed by atoms with Crippen LogP contribution in [-0.4, -0.2) is 61.8 Å². The third kappa shape index (κ3) is 5.95. The number of halogens is 4. The number of pyridine rings is 2. The van der Waals surface area contributed by atoms with Crippen LogP contribution in [0.3, 0.4) is 0 Å². The summed E-state index contributed by atoms with van der Waals surface area (Å²) in [6.45, 7) is 11.8. The number of piperazine rings is 1. The fourth-order valence-electron chi connectivity index (χ4n) is 5.28. The first-order valence-electron chi connectivity index (χ1n) is 14.1. The highest BCUT2D eigenvalue weighted by molar-refractivity contribution is 6.33. The Hall–Kier alpha value is -3.83. The summed E-state index contributed by atoms with van der Waals surface area (Å²) in [6.07, 6.45) is 1.07. The zero-order valence-corrected chi connectivity index (χ0v) is 26.7. The van der Waals surface area contributed by atoms with Crippen molar-refractivity contribution in [3.63, 3.8) is 0 Å². The van der Waals surface area contributed by atoms with E-state index in [1.54, 1.807) is 25.7 Å². The molecule has 3 aromatic heterocycles. The molecule has 0 unspecified atom stereocenters. The van der Waals surface area contributed by atoms with Crippen molar-refractivity contribution in [3.8, 4) is 16.9 Å². The van der Waals surface area contributed by atoms with E-state index in [1.807, 2.05) is 25.7 Å². The predicted octanol–water partition coefficient (Wildman–Crippen LogP) is 7.00. The van der Waals surface area contributed by atoms with Gasteiger partial charge in [0.05, 0.1) is 32.4 Å². The predicted molar refractivity (Wildman–Crippen MR) is 167 cm³/mol. The molecule has 0 N–H and O–H groups in total. The molecule has 5 rings (SSSR count). The van der Waals surface area contributed by atoms with Crippen LogP contribution in [-0.2, 0) is 4.74 Å². The molecule has 1 aliphatic heterocycles. The van der Waals surface area contributed by atoms with E-state index in [0.29, 0.717) is 5.69 Å². The highest BCUT2D eigenvalue weighted by atomic mass is 35.5. The number of fused-ring (bicyclic) bond motifs is 1. The summed E-state index contributed by atoms with van der Waals surface area (Å²) in [6, 6.07) is 6.35. The summed E-state index contributed by atoms with van der Waals surface area (Å²) in [5.74, 6) is -1.63. The molecular formula is C31H32Cl2F2N6O3. The molecule has 4 heterocycles. The summed E-state index contributed by atoms with van der Waals surface area (Å²) in [4.78, 5) is 43.5. The van der Waals surface area contributed by atoms with Crippen LogP contribution in [0.1, 0.15) is 53.2 Å². The summed E-state index contributed by atoms with van der Waals surface area (Å²) in [5, 5.41) is 0.344. The molecule has 0 aliphatic carbocycles. The molecule has 0 saturated carbocycles. The van der Waals surface area contributed by atoms with Gasteiger partial charge in [0.1, 0.15) is 22.9 Å². The highest BCUT2D eigenvalue weighted by Crippen LogP contribution is 2.37. The Morgan fingerprint density at radius 1 is 1.07 bits per heavy atom. The van der Waals surface area contributed by atoms with Crippen molar-refractivity contribution in [2.45, 2.75) is 59.1 Å². The fraction of sp³-hybridized carbons (Fsp3) is 0.387. The molecule has 1 atom stereocenters. The van der Waals surface area contributed by atoms with Crippen molar-refractivity contribution in [2.24, 2.45) is 0 Å². The SMILES string of the molecule is CC(C)c1nccc(Cl)c1-n1c(=O)nc(N2CCN(C(=O)OC(C)(C)C)C[C@@H]2C)c2cc(F)c(-c3c(F)cccc3Cl)nc21. The van der Waals surface area contributed by atoms with Gasteiger partial charge in [-0.2, -0.15) is 4.98 Å². The lowest BCUT2D eigenvalue weighted by atomic mass is 10.1. The summed E-state index contributed by atoms with van der Waals surface area (Å²) in [5.41, 5.74) is -1.29. The summed E-state index contributed by atoms with van der Waals surface area (Å²) < 4.78 is 37.7. The van der Waals surface area contributed by atoms with Gasteiger partial charge in [0.15, 0.2) is 11.5 Å². The van der Waals surface area contributed by atoms with Gasteiger partial charge in [-0.25, -0.2) is 27.9 Å². The van der Waals surface area contributed by atoms with Gasteiger partial charge < -0.3 is 14.5 Å². The smallest absolute Gasteiger partial charge is 0.410 e. The van der Waals surface area contributed by atoms with Crippen molar-refractivity contribution in [3.05, 3.63) is 74.4 Å². The number of carbonyl (C=O) groups is 1. The zero-order chi connectivity index (χ0) is 32.1. The molecular weight excluding hydrogens is 613 g/mol. The number of hydrogen-bond acceptors (Lipinski definition) is 7. The number of nitrogens with zero attached hydrogens (tertiary/aromatic N) is 6. The zero-order valence-electron chi connectivity index (χ0n) is 25.2. The van der Waals surface area contributed by atoms with Gasteiger partial charge in [0, 0.05) is 31.9 Å². The van der Waals surface area contributed by atoms with E-state index >= 15 is 8.78 Å². The van der Waals surface area contributed by atoms with Crippen molar-refractivity contribution < 1.29 is 18.3 Å². The maximum Gasteiger partial charge on any atom is 0.410 e. The quantitative estimate of drug-likeness (QED) is 0.236. The van der Waals surface area contributed by atoms with Gasteiger partial charge in [0.2, 0.25) is 0 Å². The Balaban J connectivity index is 1.74. The van der Waals surface area contributed by atoms with E-state index in [0.717, 1.165) is 6.07 Å². The van der Waals surface area contributed by atoms with Crippen LogP contribution in [0.4, 0.5) is 19.4 Å². The number of rotatable bonds is 4. The minimum absolute atomic E-state index is 0.00529. The van der Waals surface area contributed by atoms with E-state index in [2.05, 4.69) is 15.0 Å². The maximum absolute atomic E-state index is 15.9. The molecule has 44 heavy (non-hydrogen) atoms. The van der Waals surface area contributed by atoms with Crippen LogP contribution in [0.15, 0.2) is 41.3 Å². The number of benzene rings is 1. The van der Waals surface area contributed by atoms with Crippen LogP contribution < -0.4 is 10.6 Å². The molecule has 9 nitrogen and oxygen atoms in total. The topological polar surface area (TPSA) is 93.5 Å². The van der Waals surface area contributed by atoms with E-state index in [1.165, 1.54) is 35.0 Å². The molecule has 13 heteroatoms. The fourth-order valence-corrected chi connectivity index (χ4v) is 5.77. The molecule has 1 saturated heterocycles. The number of ether oxygens (including phenoxy) is 1. The average Bonchev–Trinajstić information content (AvgIpc) is 2.92. The first-order chi connectivity index (χ1) is 20.7. The second-order valence-corrected chi connectivity index (χ2v) is 12.8. The summed E-state index contributed by atoms with van der Waals surface area (Å²) in [7, 11) is 0. The third-order valence-corrected chi connectivity index (χ3v) is 7.85. The molecule has 1 amide bonds. The van der Waals surface area contributed by atoms with Crippen LogP contribution in [0.5, 0.6) is 0 Å². The second-order valence-electron chi connectivity index (χ2n) is 12.0. The lowest BCUT2D eigenvalue weighted by Gasteiger charge is -2.41. The standard InChI is InChI=1S/C31H32Cl2F2N6O3/c1-16(2)24-26(20(33)10-11-36-24)41-28-18(14-22(35)25(37-28)23-19(32)8-7-9-21(23)34)27(38-29(41)42)40-13-12-39(15-17(40)3)30(43)44-31(4,5)6/h7-11,14,16-17H,12-13,15H2,1-6H3/t17-/m0/s1. The second kappa shape index (κ2) is 11.9. The van der Waals surface area contributed by atoms with E-state index in [-0.39, 0.29) is 75.4 Å². The van der Waals surface area contributed by atoms with E-state index < -0.39 is 29.0 Å². The Bertz CT molecular complexity index is 1810. The number of carbonyl (C=O) groups excluding carboxylic acids is 1. The number of amides is 1. The Labute approximate surface area is 263 Å².